The highest BCUT2D eigenvalue weighted by molar-refractivity contribution is 6.46. The van der Waals surface area contributed by atoms with Crippen molar-refractivity contribution in [3.63, 3.8) is 0 Å². The molecule has 180 valence electrons. The van der Waals surface area contributed by atoms with Crippen LogP contribution in [0.2, 0.25) is 0 Å². The van der Waals surface area contributed by atoms with E-state index < -0.39 is 29.3 Å². The molecular weight excluding hydrogens is 439 g/mol. The number of halogens is 1. The van der Waals surface area contributed by atoms with Gasteiger partial charge in [0.15, 0.2) is 11.5 Å². The van der Waals surface area contributed by atoms with Crippen LogP contribution in [0.1, 0.15) is 37.4 Å². The summed E-state index contributed by atoms with van der Waals surface area (Å²) in [5.41, 5.74) is 0.641. The van der Waals surface area contributed by atoms with Gasteiger partial charge in [0.1, 0.15) is 19.0 Å². The van der Waals surface area contributed by atoms with E-state index in [1.165, 1.54) is 40.1 Å². The van der Waals surface area contributed by atoms with Crippen LogP contribution in [0.15, 0.2) is 48.0 Å². The fourth-order valence-electron chi connectivity index (χ4n) is 4.54. The highest BCUT2D eigenvalue weighted by atomic mass is 19.1. The summed E-state index contributed by atoms with van der Waals surface area (Å²) in [6.45, 7) is 8.07. The number of ketones is 1. The van der Waals surface area contributed by atoms with Gasteiger partial charge in [0.2, 0.25) is 5.78 Å². The van der Waals surface area contributed by atoms with Gasteiger partial charge in [-0.15, -0.1) is 0 Å². The molecule has 34 heavy (non-hydrogen) atoms. The second-order valence-corrected chi connectivity index (χ2v) is 8.44. The van der Waals surface area contributed by atoms with Gasteiger partial charge in [-0.05, 0) is 49.2 Å². The Morgan fingerprint density at radius 3 is 2.41 bits per heavy atom. The van der Waals surface area contributed by atoms with Gasteiger partial charge in [-0.1, -0.05) is 24.0 Å². The zero-order valence-corrected chi connectivity index (χ0v) is 19.4. The molecule has 1 atom stereocenters. The van der Waals surface area contributed by atoms with Crippen molar-refractivity contribution in [3.8, 4) is 11.5 Å². The summed E-state index contributed by atoms with van der Waals surface area (Å²) in [6.07, 6.45) is 0.680. The molecule has 7 nitrogen and oxygen atoms in total. The van der Waals surface area contributed by atoms with Crippen molar-refractivity contribution < 1.29 is 33.5 Å². The van der Waals surface area contributed by atoms with Crippen LogP contribution in [0.5, 0.6) is 11.5 Å². The van der Waals surface area contributed by atoms with Gasteiger partial charge in [-0.25, -0.2) is 4.39 Å². The fraction of sp³-hybridized carbons (Fsp3) is 0.385. The van der Waals surface area contributed by atoms with E-state index in [9.17, 15) is 19.1 Å². The maximum absolute atomic E-state index is 13.6. The van der Waals surface area contributed by atoms with E-state index in [0.29, 0.717) is 43.2 Å². The Balaban J connectivity index is 1.72. The fourth-order valence-corrected chi connectivity index (χ4v) is 4.54. The van der Waals surface area contributed by atoms with Crippen molar-refractivity contribution in [2.24, 2.45) is 0 Å². The lowest BCUT2D eigenvalue weighted by Gasteiger charge is -2.28. The second kappa shape index (κ2) is 10.3. The minimum absolute atomic E-state index is 0.122. The Bertz CT molecular complexity index is 1090. The van der Waals surface area contributed by atoms with E-state index in [1.807, 2.05) is 0 Å². The van der Waals surface area contributed by atoms with Gasteiger partial charge in [-0.2, -0.15) is 0 Å². The first kappa shape index (κ1) is 23.8. The molecule has 1 fully saturated rings. The van der Waals surface area contributed by atoms with E-state index in [4.69, 9.17) is 9.47 Å². The van der Waals surface area contributed by atoms with Crippen molar-refractivity contribution in [1.82, 2.24) is 4.90 Å². The topological polar surface area (TPSA) is 83.3 Å². The zero-order chi connectivity index (χ0) is 24.2. The van der Waals surface area contributed by atoms with Crippen LogP contribution < -0.4 is 19.5 Å². The van der Waals surface area contributed by atoms with Gasteiger partial charge in [0.05, 0.1) is 25.7 Å². The summed E-state index contributed by atoms with van der Waals surface area (Å²) in [7, 11) is 0. The summed E-state index contributed by atoms with van der Waals surface area (Å²) in [5.74, 6) is -1.55. The highest BCUT2D eigenvalue weighted by Crippen LogP contribution is 2.40. The third kappa shape index (κ3) is 4.63. The van der Waals surface area contributed by atoms with Crippen LogP contribution in [-0.4, -0.2) is 56.0 Å². The van der Waals surface area contributed by atoms with Crippen LogP contribution in [0.3, 0.4) is 0 Å². The molecular formula is C26H29FN2O5. The van der Waals surface area contributed by atoms with Gasteiger partial charge in [-0.3, -0.25) is 9.59 Å². The van der Waals surface area contributed by atoms with Crippen molar-refractivity contribution >= 4 is 17.4 Å². The number of Topliss-reactive ketones (excluding diaryl/α,β-unsaturated/α-hetero) is 1. The molecule has 0 saturated carbocycles. The van der Waals surface area contributed by atoms with Crippen molar-refractivity contribution in [1.29, 1.82) is 0 Å². The normalized spacial score (nSPS) is 19.2. The predicted octanol–water partition coefficient (Wildman–Crippen LogP) is 1.14. The number of nitrogens with zero attached hydrogens (tertiary/aromatic N) is 1. The van der Waals surface area contributed by atoms with Crippen LogP contribution in [0.25, 0.3) is 5.76 Å². The minimum Gasteiger partial charge on any atom is -0.872 e. The number of hydrogen-bond donors (Lipinski definition) is 1. The maximum atomic E-state index is 13.6. The van der Waals surface area contributed by atoms with Gasteiger partial charge < -0.3 is 24.4 Å². The standard InChI is InChI=1S/C26H29FN2O5/c1-3-28(4-2)12-5-13-29-23(17-6-9-19(27)10-7-17)22(25(31)26(29)32)24(30)18-8-11-20-21(16-18)34-15-14-33-20/h6-11,16,23,30H,3-5,12-15H2,1-2H3/b24-22+. The monoisotopic (exact) mass is 468 g/mol. The second-order valence-electron chi connectivity index (χ2n) is 8.44. The molecule has 8 heteroatoms. The lowest BCUT2D eigenvalue weighted by molar-refractivity contribution is -0.896. The number of ether oxygens (including phenoxy) is 2. The molecule has 0 bridgehead atoms. The first-order valence-electron chi connectivity index (χ1n) is 11.7. The number of carbonyl (C=O) groups is 2. The van der Waals surface area contributed by atoms with Crippen molar-refractivity contribution in [2.45, 2.75) is 26.3 Å². The number of fused-ring (bicyclic) bond motifs is 1. The summed E-state index contributed by atoms with van der Waals surface area (Å²) < 4.78 is 24.7. The summed E-state index contributed by atoms with van der Waals surface area (Å²) in [4.78, 5) is 29.0. The highest BCUT2D eigenvalue weighted by Gasteiger charge is 2.44. The average Bonchev–Trinajstić information content (AvgIpc) is 3.11. The molecule has 1 saturated heterocycles. The van der Waals surface area contributed by atoms with E-state index in [0.717, 1.165) is 19.6 Å². The van der Waals surface area contributed by atoms with Crippen LogP contribution in [0.4, 0.5) is 4.39 Å². The summed E-state index contributed by atoms with van der Waals surface area (Å²) >= 11 is 0. The first-order valence-corrected chi connectivity index (χ1v) is 11.7. The van der Waals surface area contributed by atoms with Gasteiger partial charge in [0.25, 0.3) is 5.91 Å². The molecule has 2 heterocycles. The number of quaternary nitrogens is 1. The number of likely N-dealkylation sites (tertiary alicyclic amines) is 1. The molecule has 1 amide bonds. The van der Waals surface area contributed by atoms with Gasteiger partial charge >= 0.3 is 0 Å². The smallest absolute Gasteiger partial charge is 0.295 e. The number of benzene rings is 2. The Hall–Kier alpha value is -3.39. The number of hydrogen-bond acceptors (Lipinski definition) is 5. The third-order valence-corrected chi connectivity index (χ3v) is 6.45. The first-order chi connectivity index (χ1) is 16.4. The van der Waals surface area contributed by atoms with E-state index in [1.54, 1.807) is 12.1 Å². The third-order valence-electron chi connectivity index (χ3n) is 6.45. The van der Waals surface area contributed by atoms with Crippen LogP contribution in [-0.2, 0) is 9.59 Å². The Morgan fingerprint density at radius 1 is 1.06 bits per heavy atom. The Kier molecular flexibility index (Phi) is 7.17. The molecule has 1 unspecified atom stereocenters. The summed E-state index contributed by atoms with van der Waals surface area (Å²) in [5, 5.41) is 13.5. The number of rotatable bonds is 8. The Morgan fingerprint density at radius 2 is 1.74 bits per heavy atom. The number of carbonyl (C=O) groups excluding carboxylic acids is 2. The summed E-state index contributed by atoms with van der Waals surface area (Å²) in [6, 6.07) is 9.44. The quantitative estimate of drug-likeness (QED) is 0.357. The van der Waals surface area contributed by atoms with Crippen molar-refractivity contribution in [3.05, 3.63) is 65.0 Å². The van der Waals surface area contributed by atoms with E-state index in [2.05, 4.69) is 13.8 Å². The lowest BCUT2D eigenvalue weighted by Crippen LogP contribution is -3.11. The van der Waals surface area contributed by atoms with Crippen LogP contribution in [0, 0.1) is 5.82 Å². The molecule has 2 aromatic rings. The van der Waals surface area contributed by atoms with Crippen molar-refractivity contribution in [2.75, 3.05) is 39.4 Å². The zero-order valence-electron chi connectivity index (χ0n) is 19.4. The molecule has 0 radical (unpaired) electrons. The SMILES string of the molecule is CC[NH+](CC)CCCN1C(=O)C(=O)/C(=C(/[O-])c2ccc3c(c2)OCCO3)C1c1ccc(F)cc1. The minimum atomic E-state index is -0.868. The molecule has 2 aromatic carbocycles. The number of amides is 1. The molecule has 4 rings (SSSR count). The largest absolute Gasteiger partial charge is 0.872 e. The van der Waals surface area contributed by atoms with E-state index >= 15 is 0 Å². The molecule has 0 aromatic heterocycles. The number of nitrogens with one attached hydrogen (secondary N) is 1. The average molecular weight is 469 g/mol. The molecule has 1 N–H and O–H groups in total. The molecule has 0 aliphatic carbocycles. The van der Waals surface area contributed by atoms with Gasteiger partial charge in [0, 0.05) is 18.5 Å². The van der Waals surface area contributed by atoms with E-state index in [-0.39, 0.29) is 11.1 Å². The lowest BCUT2D eigenvalue weighted by atomic mass is 9.95. The molecule has 2 aliphatic rings. The van der Waals surface area contributed by atoms with Crippen LogP contribution >= 0.6 is 0 Å². The Labute approximate surface area is 198 Å². The predicted molar refractivity (Wildman–Crippen MR) is 122 cm³/mol. The molecule has 2 aliphatic heterocycles. The molecule has 0 spiro atoms. The maximum Gasteiger partial charge on any atom is 0.295 e.